The molecule has 0 bridgehead atoms. The molecule has 0 unspecified atom stereocenters. The number of rotatable bonds is 0. The Morgan fingerprint density at radius 3 is 2.67 bits per heavy atom. The van der Waals surface area contributed by atoms with Crippen LogP contribution in [0.5, 0.6) is 0 Å². The Morgan fingerprint density at radius 2 is 2.50 bits per heavy atom. The van der Waals surface area contributed by atoms with Gasteiger partial charge < -0.3 is 5.32 Å². The van der Waals surface area contributed by atoms with Crippen molar-refractivity contribution >= 4 is 0 Å². The maximum absolute atomic E-state index is 4.62. The van der Waals surface area contributed by atoms with E-state index in [9.17, 15) is 0 Å². The molecule has 1 aliphatic rings. The SMILES string of the molecule is C1=CNOCN1. The van der Waals surface area contributed by atoms with E-state index < -0.39 is 0 Å². The Hall–Kier alpha value is -0.700. The summed E-state index contributed by atoms with van der Waals surface area (Å²) in [5.41, 5.74) is 2.54. The summed E-state index contributed by atoms with van der Waals surface area (Å²) in [6.07, 6.45) is 3.47. The van der Waals surface area contributed by atoms with Gasteiger partial charge in [0.05, 0.1) is 0 Å². The molecule has 0 fully saturated rings. The lowest BCUT2D eigenvalue weighted by atomic mass is 10.9. The van der Waals surface area contributed by atoms with Gasteiger partial charge in [-0.1, -0.05) is 0 Å². The first-order chi connectivity index (χ1) is 3.00. The lowest BCUT2D eigenvalue weighted by Gasteiger charge is -2.06. The standard InChI is InChI=1S/C3H6N2O/c1-2-5-6-3-4-1/h1-2,4-5H,3H2. The predicted octanol–water partition coefficient (Wildman–Crippen LogP) is -0.461. The molecule has 0 aromatic heterocycles. The Bertz CT molecular complexity index is 53.8. The van der Waals surface area contributed by atoms with Crippen molar-refractivity contribution in [2.75, 3.05) is 6.73 Å². The zero-order valence-corrected chi connectivity index (χ0v) is 3.27. The molecule has 3 nitrogen and oxygen atoms in total. The largest absolute Gasteiger partial charge is 0.365 e. The van der Waals surface area contributed by atoms with Crippen molar-refractivity contribution in [3.63, 3.8) is 0 Å². The minimum absolute atomic E-state index is 0.552. The van der Waals surface area contributed by atoms with Gasteiger partial charge in [-0.15, -0.1) is 0 Å². The van der Waals surface area contributed by atoms with E-state index in [4.69, 9.17) is 0 Å². The van der Waals surface area contributed by atoms with Crippen molar-refractivity contribution in [3.05, 3.63) is 12.4 Å². The van der Waals surface area contributed by atoms with Gasteiger partial charge in [0, 0.05) is 12.4 Å². The van der Waals surface area contributed by atoms with Crippen molar-refractivity contribution < 1.29 is 4.84 Å². The molecule has 0 aromatic rings. The molecule has 0 aliphatic carbocycles. The summed E-state index contributed by atoms with van der Waals surface area (Å²) in [5, 5.41) is 2.82. The predicted molar refractivity (Wildman–Crippen MR) is 21.4 cm³/mol. The molecule has 0 spiro atoms. The summed E-state index contributed by atoms with van der Waals surface area (Å²) in [6.45, 7) is 0.552. The van der Waals surface area contributed by atoms with Crippen LogP contribution in [-0.2, 0) is 4.84 Å². The van der Waals surface area contributed by atoms with E-state index in [0.717, 1.165) is 0 Å². The second-order valence-corrected chi connectivity index (χ2v) is 0.944. The molecule has 2 N–H and O–H groups in total. The molecule has 1 aliphatic heterocycles. The first-order valence-electron chi connectivity index (χ1n) is 1.76. The van der Waals surface area contributed by atoms with Crippen LogP contribution >= 0.6 is 0 Å². The fourth-order valence-corrected chi connectivity index (χ4v) is 0.273. The van der Waals surface area contributed by atoms with Gasteiger partial charge >= 0.3 is 0 Å². The molecule has 1 rings (SSSR count). The molecule has 34 valence electrons. The molecular formula is C3H6N2O. The minimum Gasteiger partial charge on any atom is -0.365 e. The van der Waals surface area contributed by atoms with E-state index >= 15 is 0 Å². The molecule has 1 heterocycles. The molecule has 0 radical (unpaired) electrons. The first-order valence-corrected chi connectivity index (χ1v) is 1.76. The van der Waals surface area contributed by atoms with Gasteiger partial charge in [-0.3, -0.25) is 10.3 Å². The highest BCUT2D eigenvalue weighted by Gasteiger charge is 1.81. The highest BCUT2D eigenvalue weighted by atomic mass is 16.7. The summed E-state index contributed by atoms with van der Waals surface area (Å²) < 4.78 is 0. The Kier molecular flexibility index (Phi) is 0.969. The Morgan fingerprint density at radius 1 is 1.50 bits per heavy atom. The normalized spacial score (nSPS) is 18.7. The van der Waals surface area contributed by atoms with E-state index in [1.165, 1.54) is 0 Å². The minimum atomic E-state index is 0.552. The van der Waals surface area contributed by atoms with Crippen LogP contribution in [0.4, 0.5) is 0 Å². The molecule has 0 saturated heterocycles. The van der Waals surface area contributed by atoms with Crippen molar-refractivity contribution in [1.82, 2.24) is 10.8 Å². The third kappa shape index (κ3) is 0.621. The number of hydrogen-bond acceptors (Lipinski definition) is 3. The summed E-state index contributed by atoms with van der Waals surface area (Å²) in [6, 6.07) is 0. The van der Waals surface area contributed by atoms with Crippen LogP contribution < -0.4 is 10.8 Å². The third-order valence-electron chi connectivity index (χ3n) is 0.508. The number of nitrogens with one attached hydrogen (secondary N) is 2. The van der Waals surface area contributed by atoms with E-state index in [0.29, 0.717) is 6.73 Å². The van der Waals surface area contributed by atoms with Crippen molar-refractivity contribution in [3.8, 4) is 0 Å². The van der Waals surface area contributed by atoms with E-state index in [2.05, 4.69) is 15.6 Å². The fraction of sp³-hybridized carbons (Fsp3) is 0.333. The van der Waals surface area contributed by atoms with Crippen LogP contribution in [-0.4, -0.2) is 6.73 Å². The van der Waals surface area contributed by atoms with Gasteiger partial charge in [0.25, 0.3) is 0 Å². The number of hydrogen-bond donors (Lipinski definition) is 2. The second kappa shape index (κ2) is 1.67. The lowest BCUT2D eigenvalue weighted by Crippen LogP contribution is -2.23. The zero-order valence-electron chi connectivity index (χ0n) is 3.27. The van der Waals surface area contributed by atoms with Gasteiger partial charge in [0.2, 0.25) is 0 Å². The highest BCUT2D eigenvalue weighted by Crippen LogP contribution is 1.70. The molecule has 0 atom stereocenters. The zero-order chi connectivity index (χ0) is 4.24. The molecule has 3 heteroatoms. The van der Waals surface area contributed by atoms with Crippen LogP contribution in [0.1, 0.15) is 0 Å². The van der Waals surface area contributed by atoms with Gasteiger partial charge in [-0.2, -0.15) is 0 Å². The van der Waals surface area contributed by atoms with Gasteiger partial charge in [-0.25, -0.2) is 0 Å². The molecule has 0 aromatic carbocycles. The highest BCUT2D eigenvalue weighted by molar-refractivity contribution is 4.74. The summed E-state index contributed by atoms with van der Waals surface area (Å²) in [5.74, 6) is 0. The average molecular weight is 86.1 g/mol. The fourth-order valence-electron chi connectivity index (χ4n) is 0.273. The van der Waals surface area contributed by atoms with E-state index in [-0.39, 0.29) is 0 Å². The summed E-state index contributed by atoms with van der Waals surface area (Å²) in [4.78, 5) is 4.62. The topological polar surface area (TPSA) is 33.3 Å². The van der Waals surface area contributed by atoms with Crippen LogP contribution in [0.3, 0.4) is 0 Å². The van der Waals surface area contributed by atoms with Gasteiger partial charge in [0.15, 0.2) is 0 Å². The van der Waals surface area contributed by atoms with Crippen LogP contribution in [0.25, 0.3) is 0 Å². The maximum Gasteiger partial charge on any atom is 0.143 e. The number of hydroxylamine groups is 1. The van der Waals surface area contributed by atoms with Crippen LogP contribution in [0, 0.1) is 0 Å². The van der Waals surface area contributed by atoms with Crippen LogP contribution in [0.15, 0.2) is 12.4 Å². The van der Waals surface area contributed by atoms with Crippen molar-refractivity contribution in [2.24, 2.45) is 0 Å². The van der Waals surface area contributed by atoms with Crippen molar-refractivity contribution in [2.45, 2.75) is 0 Å². The summed E-state index contributed by atoms with van der Waals surface area (Å²) >= 11 is 0. The lowest BCUT2D eigenvalue weighted by molar-refractivity contribution is 0.0528. The van der Waals surface area contributed by atoms with Crippen LogP contribution in [0.2, 0.25) is 0 Å². The van der Waals surface area contributed by atoms with Gasteiger partial charge in [-0.05, 0) is 0 Å². The second-order valence-electron chi connectivity index (χ2n) is 0.944. The smallest absolute Gasteiger partial charge is 0.143 e. The molecule has 0 amide bonds. The average Bonchev–Trinajstić information content (AvgIpc) is 1.72. The Balaban J connectivity index is 2.26. The molecular weight excluding hydrogens is 80.0 g/mol. The quantitative estimate of drug-likeness (QED) is 0.418. The molecule has 6 heavy (non-hydrogen) atoms. The monoisotopic (exact) mass is 86.0 g/mol. The Labute approximate surface area is 35.9 Å². The van der Waals surface area contributed by atoms with Gasteiger partial charge in [0.1, 0.15) is 6.73 Å². The molecule has 0 saturated carbocycles. The first kappa shape index (κ1) is 3.49. The maximum atomic E-state index is 4.62. The van der Waals surface area contributed by atoms with E-state index in [1.54, 1.807) is 12.4 Å². The van der Waals surface area contributed by atoms with E-state index in [1.807, 2.05) is 0 Å². The summed E-state index contributed by atoms with van der Waals surface area (Å²) in [7, 11) is 0. The van der Waals surface area contributed by atoms with Crippen molar-refractivity contribution in [1.29, 1.82) is 0 Å². The third-order valence-corrected chi connectivity index (χ3v) is 0.508.